The zero-order chi connectivity index (χ0) is 16.2. The average Bonchev–Trinajstić information content (AvgIpc) is 2.58. The van der Waals surface area contributed by atoms with Gasteiger partial charge in [0.15, 0.2) is 0 Å². The van der Waals surface area contributed by atoms with Crippen LogP contribution in [-0.4, -0.2) is 5.91 Å². The predicted octanol–water partition coefficient (Wildman–Crippen LogP) is 4.88. The van der Waals surface area contributed by atoms with E-state index in [1.54, 1.807) is 30.3 Å². The van der Waals surface area contributed by atoms with Gasteiger partial charge in [-0.05, 0) is 59.7 Å². The van der Waals surface area contributed by atoms with Crippen molar-refractivity contribution in [2.75, 3.05) is 5.32 Å². The number of benzene rings is 3. The smallest absolute Gasteiger partial charge is 0.255 e. The largest absolute Gasteiger partial charge is 0.322 e. The summed E-state index contributed by atoms with van der Waals surface area (Å²) >= 11 is 0. The van der Waals surface area contributed by atoms with Gasteiger partial charge in [0.05, 0.1) is 0 Å². The second-order valence-electron chi connectivity index (χ2n) is 5.05. The molecule has 0 aliphatic carbocycles. The van der Waals surface area contributed by atoms with Crippen LogP contribution in [0.1, 0.15) is 10.4 Å². The SMILES string of the molecule is O=C(Nc1ccc(F)cc1)c1cccc(-c2ccc(F)cc2)c1. The molecule has 0 fully saturated rings. The quantitative estimate of drug-likeness (QED) is 0.733. The molecule has 0 aliphatic rings. The summed E-state index contributed by atoms with van der Waals surface area (Å²) in [5.41, 5.74) is 2.62. The van der Waals surface area contributed by atoms with Crippen LogP contribution in [0.3, 0.4) is 0 Å². The highest BCUT2D eigenvalue weighted by atomic mass is 19.1. The second kappa shape index (κ2) is 6.40. The minimum Gasteiger partial charge on any atom is -0.322 e. The lowest BCUT2D eigenvalue weighted by Crippen LogP contribution is -2.11. The van der Waals surface area contributed by atoms with E-state index in [1.165, 1.54) is 36.4 Å². The lowest BCUT2D eigenvalue weighted by molar-refractivity contribution is 0.102. The van der Waals surface area contributed by atoms with E-state index in [2.05, 4.69) is 5.32 Å². The van der Waals surface area contributed by atoms with E-state index < -0.39 is 0 Å². The number of amides is 1. The van der Waals surface area contributed by atoms with Crippen LogP contribution in [-0.2, 0) is 0 Å². The molecule has 0 unspecified atom stereocenters. The third kappa shape index (κ3) is 3.61. The van der Waals surface area contributed by atoms with Gasteiger partial charge >= 0.3 is 0 Å². The fraction of sp³-hybridized carbons (Fsp3) is 0. The van der Waals surface area contributed by atoms with Crippen LogP contribution >= 0.6 is 0 Å². The third-order valence-corrected chi connectivity index (χ3v) is 3.40. The van der Waals surface area contributed by atoms with E-state index in [9.17, 15) is 13.6 Å². The van der Waals surface area contributed by atoms with E-state index >= 15 is 0 Å². The first-order valence-corrected chi connectivity index (χ1v) is 7.05. The monoisotopic (exact) mass is 309 g/mol. The maximum atomic E-state index is 13.0. The summed E-state index contributed by atoms with van der Waals surface area (Å²) in [6.45, 7) is 0. The van der Waals surface area contributed by atoms with Crippen molar-refractivity contribution in [2.24, 2.45) is 0 Å². The summed E-state index contributed by atoms with van der Waals surface area (Å²) in [5.74, 6) is -0.958. The molecule has 1 N–H and O–H groups in total. The van der Waals surface area contributed by atoms with Crippen molar-refractivity contribution in [2.45, 2.75) is 0 Å². The minimum absolute atomic E-state index is 0.291. The van der Waals surface area contributed by atoms with E-state index in [0.29, 0.717) is 11.3 Å². The zero-order valence-electron chi connectivity index (χ0n) is 12.1. The highest BCUT2D eigenvalue weighted by Gasteiger charge is 2.08. The van der Waals surface area contributed by atoms with Crippen LogP contribution in [0.15, 0.2) is 72.8 Å². The molecule has 0 heterocycles. The van der Waals surface area contributed by atoms with Crippen LogP contribution in [0.25, 0.3) is 11.1 Å². The normalized spacial score (nSPS) is 10.3. The Hall–Kier alpha value is -3.01. The average molecular weight is 309 g/mol. The van der Waals surface area contributed by atoms with Gasteiger partial charge in [-0.25, -0.2) is 8.78 Å². The molecule has 3 aromatic carbocycles. The molecule has 3 rings (SSSR count). The molecule has 0 saturated carbocycles. The Balaban J connectivity index is 1.82. The molecule has 0 atom stereocenters. The van der Waals surface area contributed by atoms with Gasteiger partial charge in [-0.1, -0.05) is 24.3 Å². The van der Waals surface area contributed by atoms with Crippen molar-refractivity contribution >= 4 is 11.6 Å². The van der Waals surface area contributed by atoms with Crippen molar-refractivity contribution in [1.29, 1.82) is 0 Å². The molecule has 0 spiro atoms. The van der Waals surface area contributed by atoms with E-state index in [0.717, 1.165) is 11.1 Å². The summed E-state index contributed by atoms with van der Waals surface area (Å²) < 4.78 is 25.9. The topological polar surface area (TPSA) is 29.1 Å². The molecule has 3 aromatic rings. The maximum Gasteiger partial charge on any atom is 0.255 e. The number of carbonyl (C=O) groups excluding carboxylic acids is 1. The summed E-state index contributed by atoms with van der Waals surface area (Å²) in [6, 6.07) is 18.7. The van der Waals surface area contributed by atoms with Crippen molar-refractivity contribution in [1.82, 2.24) is 0 Å². The van der Waals surface area contributed by atoms with Crippen molar-refractivity contribution in [3.05, 3.63) is 90.0 Å². The van der Waals surface area contributed by atoms with Gasteiger partial charge in [0.25, 0.3) is 5.91 Å². The fourth-order valence-electron chi connectivity index (χ4n) is 2.22. The van der Waals surface area contributed by atoms with Crippen LogP contribution in [0.5, 0.6) is 0 Å². The number of anilines is 1. The first-order valence-electron chi connectivity index (χ1n) is 7.05. The fourth-order valence-corrected chi connectivity index (χ4v) is 2.22. The molecular weight excluding hydrogens is 296 g/mol. The maximum absolute atomic E-state index is 13.0. The minimum atomic E-state index is -0.360. The molecule has 0 aliphatic heterocycles. The predicted molar refractivity (Wildman–Crippen MR) is 86.2 cm³/mol. The molecule has 0 aromatic heterocycles. The number of nitrogens with one attached hydrogen (secondary N) is 1. The number of hydrogen-bond donors (Lipinski definition) is 1. The van der Waals surface area contributed by atoms with Gasteiger partial charge in [0, 0.05) is 11.3 Å². The molecular formula is C19H13F2NO. The number of hydrogen-bond acceptors (Lipinski definition) is 1. The number of carbonyl (C=O) groups is 1. The van der Waals surface area contributed by atoms with Gasteiger partial charge in [-0.2, -0.15) is 0 Å². The van der Waals surface area contributed by atoms with Gasteiger partial charge in [0.1, 0.15) is 11.6 Å². The molecule has 0 saturated heterocycles. The van der Waals surface area contributed by atoms with Crippen LogP contribution in [0.2, 0.25) is 0 Å². The Labute approximate surface area is 132 Å². The molecule has 23 heavy (non-hydrogen) atoms. The summed E-state index contributed by atoms with van der Waals surface area (Å²) in [4.78, 5) is 12.3. The van der Waals surface area contributed by atoms with Gasteiger partial charge in [-0.3, -0.25) is 4.79 Å². The Morgan fingerprint density at radius 3 is 2.00 bits per heavy atom. The van der Waals surface area contributed by atoms with Crippen molar-refractivity contribution in [3.8, 4) is 11.1 Å². The molecule has 114 valence electrons. The number of halogens is 2. The molecule has 4 heteroatoms. The highest BCUT2D eigenvalue weighted by molar-refractivity contribution is 6.04. The summed E-state index contributed by atoms with van der Waals surface area (Å²) in [7, 11) is 0. The lowest BCUT2D eigenvalue weighted by atomic mass is 10.0. The Morgan fingerprint density at radius 2 is 1.35 bits per heavy atom. The first kappa shape index (κ1) is 14.9. The van der Waals surface area contributed by atoms with E-state index in [-0.39, 0.29) is 17.5 Å². The van der Waals surface area contributed by atoms with Crippen molar-refractivity contribution < 1.29 is 13.6 Å². The first-order chi connectivity index (χ1) is 11.1. The summed E-state index contributed by atoms with van der Waals surface area (Å²) in [6.07, 6.45) is 0. The number of rotatable bonds is 3. The zero-order valence-corrected chi connectivity index (χ0v) is 12.1. The summed E-state index contributed by atoms with van der Waals surface area (Å²) in [5, 5.41) is 2.71. The van der Waals surface area contributed by atoms with Crippen LogP contribution < -0.4 is 5.32 Å². The second-order valence-corrected chi connectivity index (χ2v) is 5.05. The Morgan fingerprint density at radius 1 is 0.739 bits per heavy atom. The van der Waals surface area contributed by atoms with Crippen LogP contribution in [0, 0.1) is 11.6 Å². The van der Waals surface area contributed by atoms with Gasteiger partial charge in [-0.15, -0.1) is 0 Å². The van der Waals surface area contributed by atoms with Gasteiger partial charge in [0.2, 0.25) is 0 Å². The molecule has 0 bridgehead atoms. The van der Waals surface area contributed by atoms with E-state index in [1.807, 2.05) is 6.07 Å². The van der Waals surface area contributed by atoms with Gasteiger partial charge < -0.3 is 5.32 Å². The highest BCUT2D eigenvalue weighted by Crippen LogP contribution is 2.21. The lowest BCUT2D eigenvalue weighted by Gasteiger charge is -2.07. The Kier molecular flexibility index (Phi) is 4.15. The van der Waals surface area contributed by atoms with Crippen LogP contribution in [0.4, 0.5) is 14.5 Å². The standard InChI is InChI=1S/C19H13F2NO/c20-16-6-4-13(5-7-16)14-2-1-3-15(12-14)19(23)22-18-10-8-17(21)9-11-18/h1-12H,(H,22,23). The molecule has 0 radical (unpaired) electrons. The van der Waals surface area contributed by atoms with Crippen molar-refractivity contribution in [3.63, 3.8) is 0 Å². The third-order valence-electron chi connectivity index (χ3n) is 3.40. The molecule has 2 nitrogen and oxygen atoms in total. The van der Waals surface area contributed by atoms with E-state index in [4.69, 9.17) is 0 Å². The molecule has 1 amide bonds. The Bertz CT molecular complexity index is 827.